The summed E-state index contributed by atoms with van der Waals surface area (Å²) in [5.41, 5.74) is 5.01. The van der Waals surface area contributed by atoms with E-state index in [2.05, 4.69) is 0 Å². The van der Waals surface area contributed by atoms with Crippen LogP contribution in [0.5, 0.6) is 0 Å². The van der Waals surface area contributed by atoms with Crippen molar-refractivity contribution in [2.75, 3.05) is 18.6 Å². The van der Waals surface area contributed by atoms with E-state index >= 15 is 0 Å². The molecule has 74 valence electrons. The van der Waals surface area contributed by atoms with E-state index in [1.54, 1.807) is 0 Å². The molecule has 0 aliphatic carbocycles. The molecule has 0 rings (SSSR count). The monoisotopic (exact) mass is 217 g/mol. The van der Waals surface area contributed by atoms with Crippen molar-refractivity contribution in [1.82, 2.24) is 0 Å². The normalized spacial score (nSPS) is 15.9. The molecule has 0 aromatic heterocycles. The molecule has 0 aromatic rings. The van der Waals surface area contributed by atoms with Crippen LogP contribution in [0, 0.1) is 0 Å². The first-order valence-corrected chi connectivity index (χ1v) is 6.57. The minimum Gasteiger partial charge on any atom is -0.329 e. The Labute approximate surface area is 71.4 Å². The summed E-state index contributed by atoms with van der Waals surface area (Å²) in [4.78, 5) is 0. The molecule has 0 heterocycles. The largest absolute Gasteiger partial charge is 0.329 e. The summed E-state index contributed by atoms with van der Waals surface area (Å²) in [5, 5.41) is -1.23. The lowest BCUT2D eigenvalue weighted by atomic mass is 10.5. The highest BCUT2D eigenvalue weighted by Crippen LogP contribution is 2.00. The number of rotatable bonds is 4. The van der Waals surface area contributed by atoms with Gasteiger partial charge in [0.1, 0.15) is 0 Å². The predicted molar refractivity (Wildman–Crippen MR) is 44.1 cm³/mol. The van der Waals surface area contributed by atoms with Crippen LogP contribution < -0.4 is 5.73 Å². The van der Waals surface area contributed by atoms with Crippen molar-refractivity contribution < 1.29 is 21.4 Å². The van der Waals surface area contributed by atoms with Gasteiger partial charge in [0, 0.05) is 12.8 Å². The molecule has 3 N–H and O–H groups in total. The van der Waals surface area contributed by atoms with Crippen molar-refractivity contribution in [3.8, 4) is 0 Å². The van der Waals surface area contributed by atoms with Gasteiger partial charge in [0.15, 0.2) is 9.84 Å². The molecule has 1 unspecified atom stereocenters. The molecule has 0 saturated carbocycles. The van der Waals surface area contributed by atoms with Gasteiger partial charge in [-0.15, -0.1) is 0 Å². The third kappa shape index (κ3) is 4.65. The summed E-state index contributed by atoms with van der Waals surface area (Å²) < 4.78 is 50.5. The van der Waals surface area contributed by atoms with Gasteiger partial charge in [-0.25, -0.2) is 8.42 Å². The number of sulfone groups is 1. The Morgan fingerprint density at radius 2 is 1.75 bits per heavy atom. The van der Waals surface area contributed by atoms with Crippen molar-refractivity contribution in [3.63, 3.8) is 0 Å². The third-order valence-corrected chi connectivity index (χ3v) is 3.87. The number of hydrogen-bond donors (Lipinski definition) is 2. The zero-order valence-corrected chi connectivity index (χ0v) is 8.10. The Morgan fingerprint density at radius 3 is 1.83 bits per heavy atom. The zero-order valence-electron chi connectivity index (χ0n) is 6.47. The van der Waals surface area contributed by atoms with Crippen LogP contribution >= 0.6 is 0 Å². The average molecular weight is 217 g/mol. The van der Waals surface area contributed by atoms with Crippen molar-refractivity contribution in [3.05, 3.63) is 0 Å². The van der Waals surface area contributed by atoms with Gasteiger partial charge in [-0.3, -0.25) is 4.55 Å². The summed E-state index contributed by atoms with van der Waals surface area (Å²) in [5.74, 6) is -0.845. The highest BCUT2D eigenvalue weighted by atomic mass is 32.2. The quantitative estimate of drug-likeness (QED) is 0.539. The second-order valence-electron chi connectivity index (χ2n) is 2.44. The fourth-order valence-corrected chi connectivity index (χ4v) is 3.06. The molecule has 0 saturated heterocycles. The van der Waals surface area contributed by atoms with E-state index < -0.39 is 31.0 Å². The summed E-state index contributed by atoms with van der Waals surface area (Å²) in [6.45, 7) is -0.321. The van der Waals surface area contributed by atoms with Crippen molar-refractivity contribution >= 4 is 20.0 Å². The highest BCUT2D eigenvalue weighted by Gasteiger charge is 2.24. The lowest BCUT2D eigenvalue weighted by molar-refractivity contribution is 0.480. The molecule has 0 radical (unpaired) electrons. The smallest absolute Gasteiger partial charge is 0.266 e. The minimum absolute atomic E-state index is 0.321. The average Bonchev–Trinajstić information content (AvgIpc) is 1.78. The molecular formula is C4H11NO5S2. The molecule has 0 amide bonds. The second kappa shape index (κ2) is 3.69. The fourth-order valence-electron chi connectivity index (χ4n) is 0.601. The molecule has 12 heavy (non-hydrogen) atoms. The van der Waals surface area contributed by atoms with Crippen LogP contribution in [0.15, 0.2) is 0 Å². The maximum absolute atomic E-state index is 10.8. The Kier molecular flexibility index (Phi) is 3.63. The van der Waals surface area contributed by atoms with Crippen LogP contribution in [0.4, 0.5) is 0 Å². The number of nitrogens with two attached hydrogens (primary N) is 1. The zero-order chi connectivity index (χ0) is 9.99. The second-order valence-corrected chi connectivity index (χ2v) is 6.26. The first-order valence-electron chi connectivity index (χ1n) is 3.01. The van der Waals surface area contributed by atoms with Gasteiger partial charge in [-0.05, 0) is 0 Å². The highest BCUT2D eigenvalue weighted by molar-refractivity contribution is 7.93. The Morgan fingerprint density at radius 1 is 1.33 bits per heavy atom. The van der Waals surface area contributed by atoms with Gasteiger partial charge >= 0.3 is 0 Å². The van der Waals surface area contributed by atoms with Crippen LogP contribution in [0.2, 0.25) is 0 Å². The van der Waals surface area contributed by atoms with E-state index in [1.165, 1.54) is 0 Å². The molecule has 0 spiro atoms. The standard InChI is InChI=1S/C4H11NO5S2/c1-11(6,7)4(2-5)3-12(8,9)10/h4H,2-3,5H2,1H3,(H,8,9,10). The third-order valence-electron chi connectivity index (χ3n) is 1.26. The molecule has 8 heteroatoms. The summed E-state index contributed by atoms with van der Waals surface area (Å²) in [6.07, 6.45) is 0.871. The molecule has 0 aliphatic rings. The Balaban J connectivity index is 4.64. The van der Waals surface area contributed by atoms with Crippen molar-refractivity contribution in [2.45, 2.75) is 5.25 Å². The van der Waals surface area contributed by atoms with Crippen LogP contribution in [0.25, 0.3) is 0 Å². The predicted octanol–water partition coefficient (Wildman–Crippen LogP) is -1.75. The van der Waals surface area contributed by atoms with E-state index in [0.717, 1.165) is 6.26 Å². The first-order chi connectivity index (χ1) is 5.17. The van der Waals surface area contributed by atoms with Crippen LogP contribution in [-0.2, 0) is 20.0 Å². The SMILES string of the molecule is CS(=O)(=O)C(CN)CS(=O)(=O)O. The van der Waals surface area contributed by atoms with Crippen LogP contribution in [-0.4, -0.2) is 45.2 Å². The maximum Gasteiger partial charge on any atom is 0.266 e. The molecule has 0 aromatic carbocycles. The van der Waals surface area contributed by atoms with E-state index in [-0.39, 0.29) is 6.54 Å². The molecule has 6 nitrogen and oxygen atoms in total. The van der Waals surface area contributed by atoms with Gasteiger partial charge < -0.3 is 5.73 Å². The lowest BCUT2D eigenvalue weighted by Crippen LogP contribution is -2.35. The molecular weight excluding hydrogens is 206 g/mol. The van der Waals surface area contributed by atoms with Crippen molar-refractivity contribution in [2.24, 2.45) is 5.73 Å². The maximum atomic E-state index is 10.8. The minimum atomic E-state index is -4.28. The van der Waals surface area contributed by atoms with Gasteiger partial charge in [-0.2, -0.15) is 8.42 Å². The number of hydrogen-bond acceptors (Lipinski definition) is 5. The van der Waals surface area contributed by atoms with Crippen molar-refractivity contribution in [1.29, 1.82) is 0 Å². The van der Waals surface area contributed by atoms with Gasteiger partial charge in [-0.1, -0.05) is 0 Å². The Hall–Kier alpha value is -0.180. The first kappa shape index (κ1) is 11.8. The van der Waals surface area contributed by atoms with E-state index in [1.807, 2.05) is 0 Å². The van der Waals surface area contributed by atoms with Gasteiger partial charge in [0.05, 0.1) is 11.0 Å². The molecule has 0 bridgehead atoms. The van der Waals surface area contributed by atoms with Crippen LogP contribution in [0.3, 0.4) is 0 Å². The van der Waals surface area contributed by atoms with Gasteiger partial charge in [0.25, 0.3) is 10.1 Å². The molecule has 0 fully saturated rings. The summed E-state index contributed by atoms with van der Waals surface area (Å²) >= 11 is 0. The van der Waals surface area contributed by atoms with E-state index in [4.69, 9.17) is 10.3 Å². The summed E-state index contributed by atoms with van der Waals surface area (Å²) in [7, 11) is -7.79. The van der Waals surface area contributed by atoms with E-state index in [9.17, 15) is 16.8 Å². The van der Waals surface area contributed by atoms with Gasteiger partial charge in [0.2, 0.25) is 0 Å². The van der Waals surface area contributed by atoms with E-state index in [0.29, 0.717) is 0 Å². The lowest BCUT2D eigenvalue weighted by Gasteiger charge is -2.09. The molecule has 0 aliphatic heterocycles. The fraction of sp³-hybridized carbons (Fsp3) is 1.00. The Bertz CT molecular complexity index is 328. The van der Waals surface area contributed by atoms with Crippen LogP contribution in [0.1, 0.15) is 0 Å². The summed E-state index contributed by atoms with van der Waals surface area (Å²) in [6, 6.07) is 0. The topological polar surface area (TPSA) is 115 Å². The molecule has 1 atom stereocenters.